The largest absolute Gasteiger partial charge is 0.384 e. The van der Waals surface area contributed by atoms with Crippen molar-refractivity contribution in [3.05, 3.63) is 11.1 Å². The van der Waals surface area contributed by atoms with Gasteiger partial charge in [0.25, 0.3) is 0 Å². The molecule has 4 N–H and O–H groups in total. The number of nitrogen functional groups attached to an aromatic ring is 1. The molecule has 0 amide bonds. The van der Waals surface area contributed by atoms with Gasteiger partial charge in [-0.2, -0.15) is 0 Å². The maximum atomic E-state index is 10.7. The number of aliphatic hydroxyl groups is 1. The highest BCUT2D eigenvalue weighted by Gasteiger charge is 2.40. The molecule has 1 aromatic heterocycles. The average molecular weight is 227 g/mol. The summed E-state index contributed by atoms with van der Waals surface area (Å²) in [6.07, 6.45) is 3.42. The molecule has 2 rings (SSSR count). The van der Waals surface area contributed by atoms with Crippen molar-refractivity contribution in [2.75, 3.05) is 18.8 Å². The van der Waals surface area contributed by atoms with Gasteiger partial charge in [-0.05, 0) is 19.4 Å². The fraction of sp³-hybridized carbons (Fsp3) is 0.700. The van der Waals surface area contributed by atoms with Crippen molar-refractivity contribution in [2.45, 2.75) is 25.4 Å². The van der Waals surface area contributed by atoms with E-state index in [9.17, 15) is 5.11 Å². The molecule has 84 valence electrons. The van der Waals surface area contributed by atoms with E-state index < -0.39 is 5.60 Å². The molecule has 0 aliphatic carbocycles. The Labute approximate surface area is 93.5 Å². The summed E-state index contributed by atoms with van der Waals surface area (Å²) in [5.74, 6) is 0.256. The van der Waals surface area contributed by atoms with Gasteiger partial charge >= 0.3 is 0 Å². The number of rotatable bonds is 2. The fourth-order valence-corrected chi connectivity index (χ4v) is 3.10. The highest BCUT2D eigenvalue weighted by atomic mass is 32.1. The van der Waals surface area contributed by atoms with Crippen LogP contribution in [-0.4, -0.2) is 23.2 Å². The number of nitrogens with one attached hydrogen (secondary N) is 1. The Balaban J connectivity index is 2.29. The topological polar surface area (TPSA) is 71.2 Å². The lowest BCUT2D eigenvalue weighted by molar-refractivity contribution is -0.0448. The Morgan fingerprint density at radius 3 is 3.20 bits per heavy atom. The van der Waals surface area contributed by atoms with Crippen LogP contribution in [0.5, 0.6) is 0 Å². The van der Waals surface area contributed by atoms with Crippen molar-refractivity contribution in [3.8, 4) is 0 Å². The van der Waals surface area contributed by atoms with Gasteiger partial charge in [0.15, 0.2) is 5.13 Å². The summed E-state index contributed by atoms with van der Waals surface area (Å²) in [5, 5.41) is 14.5. The second-order valence-electron chi connectivity index (χ2n) is 4.05. The Bertz CT molecular complexity index is 341. The molecule has 15 heavy (non-hydrogen) atoms. The lowest BCUT2D eigenvalue weighted by Crippen LogP contribution is -2.47. The molecule has 2 atom stereocenters. The van der Waals surface area contributed by atoms with E-state index in [0.717, 1.165) is 30.8 Å². The monoisotopic (exact) mass is 227 g/mol. The smallest absolute Gasteiger partial charge is 0.180 e. The SMILES string of the molecule is CCC1CNCCC1(O)c1cnc(N)s1. The zero-order valence-electron chi connectivity index (χ0n) is 8.86. The second kappa shape index (κ2) is 4.08. The molecule has 2 heterocycles. The zero-order chi connectivity index (χ0) is 10.9. The number of hydrogen-bond donors (Lipinski definition) is 3. The molecule has 4 nitrogen and oxygen atoms in total. The Morgan fingerprint density at radius 2 is 2.60 bits per heavy atom. The molecule has 2 unspecified atom stereocenters. The summed E-state index contributed by atoms with van der Waals surface area (Å²) in [6, 6.07) is 0. The molecule has 0 spiro atoms. The van der Waals surface area contributed by atoms with Crippen molar-refractivity contribution in [2.24, 2.45) is 5.92 Å². The van der Waals surface area contributed by atoms with Gasteiger partial charge in [0, 0.05) is 18.7 Å². The first-order valence-electron chi connectivity index (χ1n) is 5.31. The molecule has 5 heteroatoms. The number of hydrogen-bond acceptors (Lipinski definition) is 5. The van der Waals surface area contributed by atoms with Crippen LogP contribution >= 0.6 is 11.3 Å². The van der Waals surface area contributed by atoms with Crippen molar-refractivity contribution < 1.29 is 5.11 Å². The number of nitrogens with two attached hydrogens (primary N) is 1. The van der Waals surface area contributed by atoms with Gasteiger partial charge in [-0.15, -0.1) is 0 Å². The third-order valence-electron chi connectivity index (χ3n) is 3.19. The third-order valence-corrected chi connectivity index (χ3v) is 4.19. The molecular weight excluding hydrogens is 210 g/mol. The fourth-order valence-electron chi connectivity index (χ4n) is 2.22. The molecule has 0 saturated carbocycles. The van der Waals surface area contributed by atoms with E-state index in [1.54, 1.807) is 6.20 Å². The van der Waals surface area contributed by atoms with Gasteiger partial charge in [0.1, 0.15) is 5.60 Å². The minimum Gasteiger partial charge on any atom is -0.384 e. The standard InChI is InChI=1S/C10H17N3OS/c1-2-7-5-12-4-3-10(7,14)8-6-13-9(11)15-8/h6-7,12,14H,2-5H2,1H3,(H2,11,13). The van der Waals surface area contributed by atoms with Crippen LogP contribution in [0.1, 0.15) is 24.6 Å². The van der Waals surface area contributed by atoms with Crippen LogP contribution in [0.3, 0.4) is 0 Å². The second-order valence-corrected chi connectivity index (χ2v) is 5.11. The van der Waals surface area contributed by atoms with Crippen LogP contribution in [0.15, 0.2) is 6.20 Å². The van der Waals surface area contributed by atoms with Crippen LogP contribution < -0.4 is 11.1 Å². The van der Waals surface area contributed by atoms with E-state index in [4.69, 9.17) is 5.73 Å². The predicted molar refractivity (Wildman–Crippen MR) is 61.7 cm³/mol. The van der Waals surface area contributed by atoms with Crippen molar-refractivity contribution in [1.82, 2.24) is 10.3 Å². The minimum absolute atomic E-state index is 0.256. The molecule has 1 aliphatic rings. The summed E-state index contributed by atoms with van der Waals surface area (Å²) in [5.41, 5.74) is 4.88. The third kappa shape index (κ3) is 1.87. The highest BCUT2D eigenvalue weighted by molar-refractivity contribution is 7.15. The highest BCUT2D eigenvalue weighted by Crippen LogP contribution is 2.39. The normalized spacial score (nSPS) is 31.7. The van der Waals surface area contributed by atoms with Gasteiger partial charge in [0.05, 0.1) is 4.88 Å². The number of anilines is 1. The average Bonchev–Trinajstić information content (AvgIpc) is 2.66. The van der Waals surface area contributed by atoms with E-state index in [-0.39, 0.29) is 5.92 Å². The first kappa shape index (κ1) is 10.9. The van der Waals surface area contributed by atoms with Gasteiger partial charge in [-0.3, -0.25) is 0 Å². The molecule has 1 aliphatic heterocycles. The number of nitrogens with zero attached hydrogens (tertiary/aromatic N) is 1. The van der Waals surface area contributed by atoms with Crippen LogP contribution in [0.4, 0.5) is 5.13 Å². The lowest BCUT2D eigenvalue weighted by Gasteiger charge is -2.39. The lowest BCUT2D eigenvalue weighted by atomic mass is 9.79. The van der Waals surface area contributed by atoms with Gasteiger partial charge in [-0.1, -0.05) is 18.3 Å². The van der Waals surface area contributed by atoms with Crippen molar-refractivity contribution >= 4 is 16.5 Å². The number of piperidine rings is 1. The summed E-state index contributed by atoms with van der Waals surface area (Å²) in [6.45, 7) is 3.82. The molecular formula is C10H17N3OS. The van der Waals surface area contributed by atoms with E-state index in [1.807, 2.05) is 0 Å². The van der Waals surface area contributed by atoms with E-state index in [1.165, 1.54) is 11.3 Å². The summed E-state index contributed by atoms with van der Waals surface area (Å²) >= 11 is 1.40. The maximum Gasteiger partial charge on any atom is 0.180 e. The van der Waals surface area contributed by atoms with E-state index >= 15 is 0 Å². The molecule has 1 saturated heterocycles. The van der Waals surface area contributed by atoms with Gasteiger partial charge < -0.3 is 16.2 Å². The Hall–Kier alpha value is -0.650. The van der Waals surface area contributed by atoms with Crippen molar-refractivity contribution in [1.29, 1.82) is 0 Å². The molecule has 1 aromatic rings. The van der Waals surface area contributed by atoms with Crippen molar-refractivity contribution in [3.63, 3.8) is 0 Å². The zero-order valence-corrected chi connectivity index (χ0v) is 9.68. The summed E-state index contributed by atoms with van der Waals surface area (Å²) in [7, 11) is 0. The van der Waals surface area contributed by atoms with Gasteiger partial charge in [-0.25, -0.2) is 4.98 Å². The maximum absolute atomic E-state index is 10.7. The van der Waals surface area contributed by atoms with Crippen LogP contribution in [0.25, 0.3) is 0 Å². The van der Waals surface area contributed by atoms with Crippen LogP contribution in [0.2, 0.25) is 0 Å². The Kier molecular flexibility index (Phi) is 2.95. The summed E-state index contributed by atoms with van der Waals surface area (Å²) < 4.78 is 0. The first-order valence-corrected chi connectivity index (χ1v) is 6.13. The molecule has 0 radical (unpaired) electrons. The van der Waals surface area contributed by atoms with E-state index in [0.29, 0.717) is 5.13 Å². The number of aromatic nitrogens is 1. The predicted octanol–water partition coefficient (Wildman–Crippen LogP) is 0.932. The van der Waals surface area contributed by atoms with Crippen LogP contribution in [0, 0.1) is 5.92 Å². The molecule has 1 fully saturated rings. The first-order chi connectivity index (χ1) is 7.16. The van der Waals surface area contributed by atoms with E-state index in [2.05, 4.69) is 17.2 Å². The summed E-state index contributed by atoms with van der Waals surface area (Å²) in [4.78, 5) is 4.93. The number of thiazole rings is 1. The Morgan fingerprint density at radius 1 is 1.80 bits per heavy atom. The molecule has 0 aromatic carbocycles. The van der Waals surface area contributed by atoms with Gasteiger partial charge in [0.2, 0.25) is 0 Å². The minimum atomic E-state index is -0.727. The molecule has 0 bridgehead atoms. The quantitative estimate of drug-likeness (QED) is 0.703. The van der Waals surface area contributed by atoms with Crippen LogP contribution in [-0.2, 0) is 5.60 Å².